The summed E-state index contributed by atoms with van der Waals surface area (Å²) < 4.78 is 5.91. The van der Waals surface area contributed by atoms with E-state index in [1.807, 2.05) is 13.1 Å². The number of nitrogens with one attached hydrogen (secondary N) is 2. The Morgan fingerprint density at radius 3 is 2.78 bits per heavy atom. The minimum absolute atomic E-state index is 0. The van der Waals surface area contributed by atoms with Gasteiger partial charge in [-0.05, 0) is 50.8 Å². The summed E-state index contributed by atoms with van der Waals surface area (Å²) in [4.78, 5) is 6.89. The van der Waals surface area contributed by atoms with Crippen molar-refractivity contribution in [3.8, 4) is 0 Å². The van der Waals surface area contributed by atoms with Crippen LogP contribution >= 0.6 is 24.0 Å². The van der Waals surface area contributed by atoms with Crippen LogP contribution in [0.15, 0.2) is 35.3 Å². The summed E-state index contributed by atoms with van der Waals surface area (Å²) in [7, 11) is 1.83. The van der Waals surface area contributed by atoms with Crippen LogP contribution in [0.1, 0.15) is 44.8 Å². The lowest BCUT2D eigenvalue weighted by Crippen LogP contribution is -2.40. The Morgan fingerprint density at radius 1 is 1.30 bits per heavy atom. The molecule has 0 bridgehead atoms. The number of rotatable bonds is 10. The highest BCUT2D eigenvalue weighted by molar-refractivity contribution is 14.0. The maximum Gasteiger partial charge on any atom is 0.190 e. The lowest BCUT2D eigenvalue weighted by Gasteiger charge is -2.17. The standard InChI is InChI=1S/C21H36N4O.HI/c1-4-13-25-14-11-19(17-25)16-24-21(22-3)23-12-8-15-26-18(2)20-9-6-5-7-10-20;/h5-7,9-10,18-19H,4,8,11-17H2,1-3H3,(H2,22,23,24);1H. The number of hydrogen-bond donors (Lipinski definition) is 2. The summed E-state index contributed by atoms with van der Waals surface area (Å²) in [6.07, 6.45) is 3.64. The van der Waals surface area contributed by atoms with Crippen LogP contribution in [-0.4, -0.2) is 57.2 Å². The zero-order valence-electron chi connectivity index (χ0n) is 17.1. The molecular weight excluding hydrogens is 451 g/mol. The van der Waals surface area contributed by atoms with Crippen LogP contribution in [0, 0.1) is 5.92 Å². The maximum atomic E-state index is 5.91. The predicted octanol–water partition coefficient (Wildman–Crippen LogP) is 3.67. The molecule has 2 unspecified atom stereocenters. The number of halogens is 1. The van der Waals surface area contributed by atoms with Gasteiger partial charge >= 0.3 is 0 Å². The second-order valence-corrected chi connectivity index (χ2v) is 7.11. The van der Waals surface area contributed by atoms with Crippen molar-refractivity contribution in [2.24, 2.45) is 10.9 Å². The van der Waals surface area contributed by atoms with Gasteiger partial charge in [0.25, 0.3) is 0 Å². The minimum atomic E-state index is 0. The molecule has 0 saturated carbocycles. The number of guanidine groups is 1. The highest BCUT2D eigenvalue weighted by Crippen LogP contribution is 2.16. The zero-order valence-corrected chi connectivity index (χ0v) is 19.4. The first-order valence-corrected chi connectivity index (χ1v) is 10.1. The molecule has 0 amide bonds. The molecule has 154 valence electrons. The summed E-state index contributed by atoms with van der Waals surface area (Å²) in [5.74, 6) is 1.63. The largest absolute Gasteiger partial charge is 0.374 e. The normalized spacial score (nSPS) is 18.8. The van der Waals surface area contributed by atoms with Gasteiger partial charge in [0, 0.05) is 33.3 Å². The average Bonchev–Trinajstić information content (AvgIpc) is 3.12. The molecule has 2 atom stereocenters. The van der Waals surface area contributed by atoms with Crippen molar-refractivity contribution in [2.45, 2.75) is 39.2 Å². The Morgan fingerprint density at radius 2 is 2.07 bits per heavy atom. The highest BCUT2D eigenvalue weighted by atomic mass is 127. The number of hydrogen-bond acceptors (Lipinski definition) is 3. The first-order valence-electron chi connectivity index (χ1n) is 10.1. The van der Waals surface area contributed by atoms with Crippen molar-refractivity contribution in [3.63, 3.8) is 0 Å². The smallest absolute Gasteiger partial charge is 0.190 e. The van der Waals surface area contributed by atoms with Crippen LogP contribution in [0.25, 0.3) is 0 Å². The fraction of sp³-hybridized carbons (Fsp3) is 0.667. The van der Waals surface area contributed by atoms with Crippen LogP contribution in [-0.2, 0) is 4.74 Å². The number of aliphatic imine (C=N–C) groups is 1. The minimum Gasteiger partial charge on any atom is -0.374 e. The topological polar surface area (TPSA) is 48.9 Å². The van der Waals surface area contributed by atoms with Crippen LogP contribution in [0.4, 0.5) is 0 Å². The lowest BCUT2D eigenvalue weighted by atomic mass is 10.1. The Hall–Kier alpha value is -0.860. The highest BCUT2D eigenvalue weighted by Gasteiger charge is 2.21. The molecule has 5 nitrogen and oxygen atoms in total. The third-order valence-electron chi connectivity index (χ3n) is 4.94. The van der Waals surface area contributed by atoms with Gasteiger partial charge in [-0.15, -0.1) is 24.0 Å². The van der Waals surface area contributed by atoms with E-state index in [-0.39, 0.29) is 30.1 Å². The zero-order chi connectivity index (χ0) is 18.6. The summed E-state index contributed by atoms with van der Waals surface area (Å²) in [6.45, 7) is 10.6. The molecule has 0 aromatic heterocycles. The van der Waals surface area contributed by atoms with Crippen molar-refractivity contribution in [1.82, 2.24) is 15.5 Å². The van der Waals surface area contributed by atoms with E-state index in [0.717, 1.165) is 38.0 Å². The Balaban J connectivity index is 0.00000364. The third-order valence-corrected chi connectivity index (χ3v) is 4.94. The van der Waals surface area contributed by atoms with Crippen LogP contribution < -0.4 is 10.6 Å². The van der Waals surface area contributed by atoms with E-state index in [0.29, 0.717) is 0 Å². The molecule has 0 radical (unpaired) electrons. The third kappa shape index (κ3) is 9.25. The number of likely N-dealkylation sites (tertiary alicyclic amines) is 1. The molecular formula is C21H37IN4O. The molecule has 27 heavy (non-hydrogen) atoms. The van der Waals surface area contributed by atoms with Crippen molar-refractivity contribution in [1.29, 1.82) is 0 Å². The van der Waals surface area contributed by atoms with Gasteiger partial charge in [-0.1, -0.05) is 37.3 Å². The van der Waals surface area contributed by atoms with Crippen molar-refractivity contribution >= 4 is 29.9 Å². The van der Waals surface area contributed by atoms with E-state index in [9.17, 15) is 0 Å². The fourth-order valence-corrected chi connectivity index (χ4v) is 3.42. The van der Waals surface area contributed by atoms with E-state index in [2.05, 4.69) is 58.6 Å². The van der Waals surface area contributed by atoms with Gasteiger partial charge in [-0.3, -0.25) is 4.99 Å². The van der Waals surface area contributed by atoms with E-state index in [1.165, 1.54) is 38.0 Å². The molecule has 1 fully saturated rings. The molecule has 2 rings (SSSR count). The number of benzene rings is 1. The van der Waals surface area contributed by atoms with Crippen molar-refractivity contribution < 1.29 is 4.74 Å². The molecule has 1 aromatic rings. The summed E-state index contributed by atoms with van der Waals surface area (Å²) >= 11 is 0. The van der Waals surface area contributed by atoms with Crippen molar-refractivity contribution in [3.05, 3.63) is 35.9 Å². The van der Waals surface area contributed by atoms with Gasteiger partial charge in [0.15, 0.2) is 5.96 Å². The number of nitrogens with zero attached hydrogens (tertiary/aromatic N) is 2. The Labute approximate surface area is 182 Å². The molecule has 0 aliphatic carbocycles. The molecule has 2 N–H and O–H groups in total. The first-order chi connectivity index (χ1) is 12.7. The van der Waals surface area contributed by atoms with Crippen LogP contribution in [0.5, 0.6) is 0 Å². The summed E-state index contributed by atoms with van der Waals surface area (Å²) in [6, 6.07) is 10.4. The van der Waals surface area contributed by atoms with Crippen molar-refractivity contribution in [2.75, 3.05) is 46.4 Å². The van der Waals surface area contributed by atoms with Gasteiger partial charge in [-0.2, -0.15) is 0 Å². The van der Waals surface area contributed by atoms with Crippen LogP contribution in [0.2, 0.25) is 0 Å². The van der Waals surface area contributed by atoms with E-state index >= 15 is 0 Å². The molecule has 1 saturated heterocycles. The van der Waals surface area contributed by atoms with Gasteiger partial charge in [-0.25, -0.2) is 0 Å². The molecule has 0 spiro atoms. The average molecular weight is 488 g/mol. The Bertz CT molecular complexity index is 526. The second kappa shape index (κ2) is 14.2. The SMILES string of the molecule is CCCN1CCC(CNC(=NC)NCCCOC(C)c2ccccc2)C1.I. The van der Waals surface area contributed by atoms with Gasteiger partial charge < -0.3 is 20.3 Å². The van der Waals surface area contributed by atoms with Gasteiger partial charge in [0.1, 0.15) is 0 Å². The fourth-order valence-electron chi connectivity index (χ4n) is 3.42. The molecule has 1 aromatic carbocycles. The van der Waals surface area contributed by atoms with E-state index in [1.54, 1.807) is 0 Å². The van der Waals surface area contributed by atoms with Crippen LogP contribution in [0.3, 0.4) is 0 Å². The molecule has 1 aliphatic rings. The number of ether oxygens (including phenoxy) is 1. The first kappa shape index (κ1) is 24.2. The molecule has 6 heteroatoms. The summed E-state index contributed by atoms with van der Waals surface area (Å²) in [5, 5.41) is 6.86. The van der Waals surface area contributed by atoms with E-state index in [4.69, 9.17) is 4.74 Å². The van der Waals surface area contributed by atoms with Gasteiger partial charge in [0.05, 0.1) is 6.10 Å². The van der Waals surface area contributed by atoms with Gasteiger partial charge in [0.2, 0.25) is 0 Å². The second-order valence-electron chi connectivity index (χ2n) is 7.11. The Kier molecular flexibility index (Phi) is 12.7. The molecule has 1 aliphatic heterocycles. The lowest BCUT2D eigenvalue weighted by molar-refractivity contribution is 0.0646. The monoisotopic (exact) mass is 488 g/mol. The quantitative estimate of drug-likeness (QED) is 0.229. The van der Waals surface area contributed by atoms with E-state index < -0.39 is 0 Å². The molecule has 1 heterocycles. The predicted molar refractivity (Wildman–Crippen MR) is 125 cm³/mol. The summed E-state index contributed by atoms with van der Waals surface area (Å²) in [5.41, 5.74) is 1.23. The maximum absolute atomic E-state index is 5.91.